The summed E-state index contributed by atoms with van der Waals surface area (Å²) in [5.41, 5.74) is 8.24. The Kier molecular flexibility index (Phi) is 3.55. The highest BCUT2D eigenvalue weighted by atomic mass is 15.4. The summed E-state index contributed by atoms with van der Waals surface area (Å²) in [7, 11) is 2.01. The molecule has 0 bridgehead atoms. The Morgan fingerprint density at radius 3 is 2.56 bits per heavy atom. The van der Waals surface area contributed by atoms with Crippen molar-refractivity contribution in [1.29, 1.82) is 0 Å². The number of aryl methyl sites for hydroxylation is 1. The molecule has 2 rings (SSSR count). The normalized spacial score (nSPS) is 24.2. The smallest absolute Gasteiger partial charge is 0.150 e. The second-order valence-electron chi connectivity index (χ2n) is 5.80. The van der Waals surface area contributed by atoms with Gasteiger partial charge < -0.3 is 10.6 Å². The summed E-state index contributed by atoms with van der Waals surface area (Å²) in [5, 5.41) is 4.61. The summed E-state index contributed by atoms with van der Waals surface area (Å²) >= 11 is 0. The molecule has 2 heterocycles. The summed E-state index contributed by atoms with van der Waals surface area (Å²) < 4.78 is 1.97. The third-order valence-corrected chi connectivity index (χ3v) is 4.13. The molecule has 1 aliphatic rings. The van der Waals surface area contributed by atoms with Crippen molar-refractivity contribution in [2.24, 2.45) is 7.05 Å². The number of rotatable bonds is 3. The molecular weight excluding hydrogens is 224 g/mol. The molecule has 1 aromatic rings. The molecule has 4 heteroatoms. The van der Waals surface area contributed by atoms with Gasteiger partial charge in [-0.2, -0.15) is 5.10 Å². The molecule has 4 nitrogen and oxygen atoms in total. The van der Waals surface area contributed by atoms with Gasteiger partial charge in [-0.3, -0.25) is 4.68 Å². The van der Waals surface area contributed by atoms with Gasteiger partial charge in [0.25, 0.3) is 0 Å². The fraction of sp³-hybridized carbons (Fsp3) is 0.786. The lowest BCUT2D eigenvalue weighted by atomic mass is 10.1. The average molecular weight is 250 g/mol. The molecule has 1 aromatic heterocycles. The van der Waals surface area contributed by atoms with Crippen molar-refractivity contribution >= 4 is 11.5 Å². The van der Waals surface area contributed by atoms with Crippen LogP contribution in [0.25, 0.3) is 0 Å². The third kappa shape index (κ3) is 1.98. The molecule has 0 aromatic carbocycles. The van der Waals surface area contributed by atoms with E-state index in [9.17, 15) is 0 Å². The number of anilines is 2. The van der Waals surface area contributed by atoms with E-state index in [2.05, 4.69) is 37.7 Å². The second-order valence-corrected chi connectivity index (χ2v) is 5.80. The molecule has 0 aliphatic carbocycles. The Morgan fingerprint density at radius 1 is 1.39 bits per heavy atom. The number of aromatic nitrogens is 2. The predicted octanol–water partition coefficient (Wildman–Crippen LogP) is 2.89. The fourth-order valence-corrected chi connectivity index (χ4v) is 3.14. The summed E-state index contributed by atoms with van der Waals surface area (Å²) in [5.74, 6) is 1.50. The van der Waals surface area contributed by atoms with Crippen molar-refractivity contribution < 1.29 is 0 Å². The average Bonchev–Trinajstić information content (AvgIpc) is 2.80. The van der Waals surface area contributed by atoms with Gasteiger partial charge in [0.2, 0.25) is 0 Å². The van der Waals surface area contributed by atoms with E-state index in [1.165, 1.54) is 19.3 Å². The standard InChI is InChI=1S/C14H26N4/c1-6-11-8-7-10(4)18(11)14-12(15)13(9(2)3)16-17(14)5/h9-11H,6-8,15H2,1-5H3. The van der Waals surface area contributed by atoms with Gasteiger partial charge in [-0.05, 0) is 32.1 Å². The Balaban J connectivity index is 2.44. The Morgan fingerprint density at radius 2 is 2.06 bits per heavy atom. The van der Waals surface area contributed by atoms with E-state index in [-0.39, 0.29) is 0 Å². The minimum Gasteiger partial charge on any atom is -0.394 e. The van der Waals surface area contributed by atoms with Crippen molar-refractivity contribution in [1.82, 2.24) is 9.78 Å². The van der Waals surface area contributed by atoms with Crippen LogP contribution in [0.1, 0.15) is 58.6 Å². The van der Waals surface area contributed by atoms with Crippen LogP contribution in [-0.4, -0.2) is 21.9 Å². The highest BCUT2D eigenvalue weighted by Gasteiger charge is 2.33. The van der Waals surface area contributed by atoms with E-state index >= 15 is 0 Å². The van der Waals surface area contributed by atoms with Crippen LogP contribution < -0.4 is 10.6 Å². The number of nitrogens with two attached hydrogens (primary N) is 1. The number of nitrogens with zero attached hydrogens (tertiary/aromatic N) is 3. The highest BCUT2D eigenvalue weighted by molar-refractivity contribution is 5.68. The maximum Gasteiger partial charge on any atom is 0.150 e. The van der Waals surface area contributed by atoms with E-state index in [0.717, 1.165) is 17.2 Å². The second kappa shape index (κ2) is 4.82. The Hall–Kier alpha value is -1.19. The van der Waals surface area contributed by atoms with Crippen molar-refractivity contribution in [3.05, 3.63) is 5.69 Å². The first-order chi connectivity index (χ1) is 8.47. The van der Waals surface area contributed by atoms with E-state index < -0.39 is 0 Å². The van der Waals surface area contributed by atoms with Crippen molar-refractivity contribution in [2.75, 3.05) is 10.6 Å². The molecule has 1 aliphatic heterocycles. The molecule has 2 unspecified atom stereocenters. The molecule has 0 spiro atoms. The van der Waals surface area contributed by atoms with Crippen molar-refractivity contribution in [3.8, 4) is 0 Å². The van der Waals surface area contributed by atoms with Crippen LogP contribution in [0.5, 0.6) is 0 Å². The van der Waals surface area contributed by atoms with Crippen LogP contribution in [0, 0.1) is 0 Å². The van der Waals surface area contributed by atoms with Crippen LogP contribution in [0.3, 0.4) is 0 Å². The van der Waals surface area contributed by atoms with Gasteiger partial charge in [-0.25, -0.2) is 0 Å². The van der Waals surface area contributed by atoms with Crippen LogP contribution in [-0.2, 0) is 7.05 Å². The maximum atomic E-state index is 6.34. The zero-order valence-corrected chi connectivity index (χ0v) is 12.3. The minimum atomic E-state index is 0.378. The molecule has 0 radical (unpaired) electrons. The van der Waals surface area contributed by atoms with E-state index in [4.69, 9.17) is 5.73 Å². The van der Waals surface area contributed by atoms with Gasteiger partial charge in [0.05, 0.1) is 11.4 Å². The van der Waals surface area contributed by atoms with E-state index in [1.807, 2.05) is 11.7 Å². The van der Waals surface area contributed by atoms with E-state index in [0.29, 0.717) is 18.0 Å². The van der Waals surface area contributed by atoms with Gasteiger partial charge in [0.1, 0.15) is 0 Å². The topological polar surface area (TPSA) is 47.1 Å². The fourth-order valence-electron chi connectivity index (χ4n) is 3.14. The molecule has 102 valence electrons. The number of hydrogen-bond donors (Lipinski definition) is 1. The summed E-state index contributed by atoms with van der Waals surface area (Å²) in [4.78, 5) is 2.48. The maximum absolute atomic E-state index is 6.34. The first-order valence-corrected chi connectivity index (χ1v) is 7.08. The molecule has 1 fully saturated rings. The van der Waals surface area contributed by atoms with Gasteiger partial charge in [0.15, 0.2) is 5.82 Å². The lowest BCUT2D eigenvalue weighted by Gasteiger charge is -2.30. The zero-order chi connectivity index (χ0) is 13.4. The van der Waals surface area contributed by atoms with Crippen LogP contribution in [0.15, 0.2) is 0 Å². The number of hydrogen-bond acceptors (Lipinski definition) is 3. The van der Waals surface area contributed by atoms with Gasteiger partial charge >= 0.3 is 0 Å². The first kappa shape index (κ1) is 13.2. The Bertz CT molecular complexity index is 422. The van der Waals surface area contributed by atoms with Crippen molar-refractivity contribution in [2.45, 2.75) is 65.0 Å². The Labute approximate surface area is 110 Å². The predicted molar refractivity (Wildman–Crippen MR) is 77.0 cm³/mol. The molecule has 1 saturated heterocycles. The monoisotopic (exact) mass is 250 g/mol. The zero-order valence-electron chi connectivity index (χ0n) is 12.3. The molecule has 0 amide bonds. The minimum absolute atomic E-state index is 0.378. The summed E-state index contributed by atoms with van der Waals surface area (Å²) in [6.07, 6.45) is 3.69. The molecular formula is C14H26N4. The van der Waals surface area contributed by atoms with Crippen molar-refractivity contribution in [3.63, 3.8) is 0 Å². The largest absolute Gasteiger partial charge is 0.394 e. The van der Waals surface area contributed by atoms with Crippen LogP contribution >= 0.6 is 0 Å². The summed E-state index contributed by atoms with van der Waals surface area (Å²) in [6, 6.07) is 1.17. The van der Waals surface area contributed by atoms with Gasteiger partial charge in [-0.15, -0.1) is 0 Å². The van der Waals surface area contributed by atoms with Crippen LogP contribution in [0.2, 0.25) is 0 Å². The van der Waals surface area contributed by atoms with E-state index in [1.54, 1.807) is 0 Å². The lowest BCUT2D eigenvalue weighted by molar-refractivity contribution is 0.597. The van der Waals surface area contributed by atoms with Crippen LogP contribution in [0.4, 0.5) is 11.5 Å². The van der Waals surface area contributed by atoms with Gasteiger partial charge in [0, 0.05) is 19.1 Å². The van der Waals surface area contributed by atoms with Gasteiger partial charge in [-0.1, -0.05) is 20.8 Å². The number of nitrogen functional groups attached to an aromatic ring is 1. The molecule has 0 saturated carbocycles. The highest BCUT2D eigenvalue weighted by Crippen LogP contribution is 2.38. The SMILES string of the molecule is CCC1CCC(C)N1c1c(N)c(C(C)C)nn1C. The third-order valence-electron chi connectivity index (χ3n) is 4.13. The first-order valence-electron chi connectivity index (χ1n) is 7.08. The molecule has 18 heavy (non-hydrogen) atoms. The summed E-state index contributed by atoms with van der Waals surface area (Å²) in [6.45, 7) is 8.84. The quantitative estimate of drug-likeness (QED) is 0.897. The molecule has 2 N–H and O–H groups in total. The molecule has 2 atom stereocenters. The lowest BCUT2D eigenvalue weighted by Crippen LogP contribution is -2.36.